The number of hydrogen-bond acceptors (Lipinski definition) is 5. The molecule has 1 fully saturated rings. The lowest BCUT2D eigenvalue weighted by Crippen LogP contribution is -2.16. The molecule has 0 aromatic carbocycles. The first-order valence-electron chi connectivity index (χ1n) is 8.01. The highest BCUT2D eigenvalue weighted by atomic mass is 16.5. The maximum Gasteiger partial charge on any atom is 0.221 e. The van der Waals surface area contributed by atoms with Crippen molar-refractivity contribution in [1.29, 1.82) is 0 Å². The molecule has 0 aliphatic heterocycles. The van der Waals surface area contributed by atoms with E-state index < -0.39 is 0 Å². The molecule has 21 heavy (non-hydrogen) atoms. The van der Waals surface area contributed by atoms with Crippen molar-refractivity contribution in [3.63, 3.8) is 0 Å². The number of ether oxygens (including phenoxy) is 1. The molecule has 5 nitrogen and oxygen atoms in total. The molecule has 118 valence electrons. The van der Waals surface area contributed by atoms with E-state index in [9.17, 15) is 0 Å². The van der Waals surface area contributed by atoms with E-state index in [1.54, 1.807) is 0 Å². The molecular formula is C16H28N4O. The molecule has 1 N–H and O–H groups in total. The molecule has 1 aliphatic carbocycles. The summed E-state index contributed by atoms with van der Waals surface area (Å²) in [4.78, 5) is 11.5. The van der Waals surface area contributed by atoms with Gasteiger partial charge in [-0.15, -0.1) is 0 Å². The lowest BCUT2D eigenvalue weighted by atomic mass is 10.3. The molecule has 0 amide bonds. The highest BCUT2D eigenvalue weighted by Crippen LogP contribution is 2.39. The Bertz CT molecular complexity index is 458. The van der Waals surface area contributed by atoms with Crippen molar-refractivity contribution in [2.24, 2.45) is 0 Å². The zero-order valence-corrected chi connectivity index (χ0v) is 13.8. The summed E-state index contributed by atoms with van der Waals surface area (Å²) in [5.74, 6) is 3.18. The Hall–Kier alpha value is -1.36. The number of aromatic nitrogens is 2. The SMILES string of the molecule is CCCNc1nc(C2CC2)nc(OCCCN(C)C)c1C. The molecule has 0 unspecified atom stereocenters. The summed E-state index contributed by atoms with van der Waals surface area (Å²) < 4.78 is 5.91. The van der Waals surface area contributed by atoms with Crippen molar-refractivity contribution in [2.45, 2.75) is 45.4 Å². The maximum absolute atomic E-state index is 5.91. The predicted octanol–water partition coefficient (Wildman–Crippen LogP) is 2.81. The predicted molar refractivity (Wildman–Crippen MR) is 86.2 cm³/mol. The van der Waals surface area contributed by atoms with Crippen LogP contribution in [-0.4, -0.2) is 48.7 Å². The van der Waals surface area contributed by atoms with Crippen molar-refractivity contribution in [1.82, 2.24) is 14.9 Å². The van der Waals surface area contributed by atoms with E-state index in [0.29, 0.717) is 12.5 Å². The molecule has 1 aliphatic rings. The van der Waals surface area contributed by atoms with Gasteiger partial charge in [0.1, 0.15) is 11.6 Å². The summed E-state index contributed by atoms with van der Waals surface area (Å²) in [5, 5.41) is 3.40. The van der Waals surface area contributed by atoms with E-state index in [1.165, 1.54) is 12.8 Å². The lowest BCUT2D eigenvalue weighted by molar-refractivity contribution is 0.270. The van der Waals surface area contributed by atoms with Crippen molar-refractivity contribution in [2.75, 3.05) is 39.1 Å². The van der Waals surface area contributed by atoms with Crippen molar-refractivity contribution < 1.29 is 4.74 Å². The van der Waals surface area contributed by atoms with E-state index in [1.807, 2.05) is 6.92 Å². The van der Waals surface area contributed by atoms with Crippen LogP contribution in [0, 0.1) is 6.92 Å². The molecule has 1 aromatic heterocycles. The van der Waals surface area contributed by atoms with Crippen molar-refractivity contribution in [3.8, 4) is 5.88 Å². The number of anilines is 1. The van der Waals surface area contributed by atoms with Crippen LogP contribution >= 0.6 is 0 Å². The second kappa shape index (κ2) is 7.59. The number of nitrogens with one attached hydrogen (secondary N) is 1. The van der Waals surface area contributed by atoms with Gasteiger partial charge in [-0.3, -0.25) is 0 Å². The van der Waals surface area contributed by atoms with Crippen LogP contribution in [0.4, 0.5) is 5.82 Å². The maximum atomic E-state index is 5.91. The number of hydrogen-bond donors (Lipinski definition) is 1. The van der Waals surface area contributed by atoms with Gasteiger partial charge in [0, 0.05) is 19.0 Å². The fourth-order valence-corrected chi connectivity index (χ4v) is 2.14. The third-order valence-corrected chi connectivity index (χ3v) is 3.59. The van der Waals surface area contributed by atoms with Gasteiger partial charge in [-0.05, 0) is 46.7 Å². The van der Waals surface area contributed by atoms with Gasteiger partial charge in [-0.25, -0.2) is 4.98 Å². The summed E-state index contributed by atoms with van der Waals surface area (Å²) in [6.45, 7) is 6.86. The molecular weight excluding hydrogens is 264 g/mol. The van der Waals surface area contributed by atoms with Crippen LogP contribution in [0.15, 0.2) is 0 Å². The topological polar surface area (TPSA) is 50.3 Å². The van der Waals surface area contributed by atoms with Gasteiger partial charge in [-0.1, -0.05) is 6.92 Å². The van der Waals surface area contributed by atoms with Crippen LogP contribution in [0.2, 0.25) is 0 Å². The molecule has 0 bridgehead atoms. The summed E-state index contributed by atoms with van der Waals surface area (Å²) in [7, 11) is 4.15. The van der Waals surface area contributed by atoms with E-state index in [0.717, 1.165) is 49.0 Å². The van der Waals surface area contributed by atoms with Crippen molar-refractivity contribution in [3.05, 3.63) is 11.4 Å². The summed E-state index contributed by atoms with van der Waals surface area (Å²) >= 11 is 0. The summed E-state index contributed by atoms with van der Waals surface area (Å²) in [6.07, 6.45) is 4.50. The highest BCUT2D eigenvalue weighted by Gasteiger charge is 2.28. The van der Waals surface area contributed by atoms with Gasteiger partial charge in [0.25, 0.3) is 0 Å². The first kappa shape index (κ1) is 16.0. The molecule has 0 atom stereocenters. The van der Waals surface area contributed by atoms with E-state index in [2.05, 4.69) is 41.2 Å². The Kier molecular flexibility index (Phi) is 5.79. The summed E-state index contributed by atoms with van der Waals surface area (Å²) in [6, 6.07) is 0. The van der Waals surface area contributed by atoms with E-state index in [-0.39, 0.29) is 0 Å². The van der Waals surface area contributed by atoms with E-state index in [4.69, 9.17) is 4.74 Å². The largest absolute Gasteiger partial charge is 0.477 e. The average molecular weight is 292 g/mol. The highest BCUT2D eigenvalue weighted by molar-refractivity contribution is 5.49. The fraction of sp³-hybridized carbons (Fsp3) is 0.750. The first-order chi connectivity index (χ1) is 10.1. The minimum absolute atomic E-state index is 0.539. The standard InChI is InChI=1S/C16H28N4O/c1-5-9-17-14-12(2)16(21-11-6-10-20(3)4)19-15(18-14)13-7-8-13/h13H,5-11H2,1-4H3,(H,17,18,19). The third kappa shape index (κ3) is 4.84. The van der Waals surface area contributed by atoms with Crippen LogP contribution in [0.25, 0.3) is 0 Å². The fourth-order valence-electron chi connectivity index (χ4n) is 2.14. The lowest BCUT2D eigenvalue weighted by Gasteiger charge is -2.15. The molecule has 0 spiro atoms. The van der Waals surface area contributed by atoms with E-state index >= 15 is 0 Å². The quantitative estimate of drug-likeness (QED) is 0.709. The second-order valence-electron chi connectivity index (χ2n) is 6.07. The molecule has 2 rings (SSSR count). The molecule has 5 heteroatoms. The first-order valence-corrected chi connectivity index (χ1v) is 8.01. The number of rotatable bonds is 9. The molecule has 1 aromatic rings. The normalized spacial score (nSPS) is 14.5. The van der Waals surface area contributed by atoms with Gasteiger partial charge < -0.3 is 15.0 Å². The number of nitrogens with zero attached hydrogens (tertiary/aromatic N) is 3. The summed E-state index contributed by atoms with van der Waals surface area (Å²) in [5.41, 5.74) is 1.03. The Balaban J connectivity index is 2.04. The Morgan fingerprint density at radius 2 is 2.05 bits per heavy atom. The zero-order chi connectivity index (χ0) is 15.2. The third-order valence-electron chi connectivity index (χ3n) is 3.59. The Morgan fingerprint density at radius 3 is 2.67 bits per heavy atom. The van der Waals surface area contributed by atoms with Crippen LogP contribution in [0.1, 0.15) is 49.9 Å². The minimum Gasteiger partial charge on any atom is -0.477 e. The van der Waals surface area contributed by atoms with Crippen molar-refractivity contribution >= 4 is 5.82 Å². The van der Waals surface area contributed by atoms with Crippen LogP contribution < -0.4 is 10.1 Å². The van der Waals surface area contributed by atoms with Gasteiger partial charge in [0.2, 0.25) is 5.88 Å². The van der Waals surface area contributed by atoms with Gasteiger partial charge in [0.05, 0.1) is 12.2 Å². The molecule has 0 radical (unpaired) electrons. The monoisotopic (exact) mass is 292 g/mol. The molecule has 1 saturated carbocycles. The Labute approximate surface area is 128 Å². The smallest absolute Gasteiger partial charge is 0.221 e. The second-order valence-corrected chi connectivity index (χ2v) is 6.07. The molecule has 0 saturated heterocycles. The van der Waals surface area contributed by atoms with Gasteiger partial charge in [-0.2, -0.15) is 4.98 Å². The average Bonchev–Trinajstić information content (AvgIpc) is 3.28. The van der Waals surface area contributed by atoms with Gasteiger partial charge >= 0.3 is 0 Å². The Morgan fingerprint density at radius 1 is 1.29 bits per heavy atom. The zero-order valence-electron chi connectivity index (χ0n) is 13.8. The van der Waals surface area contributed by atoms with Crippen LogP contribution in [0.3, 0.4) is 0 Å². The molecule has 1 heterocycles. The van der Waals surface area contributed by atoms with Crippen LogP contribution in [0.5, 0.6) is 5.88 Å². The van der Waals surface area contributed by atoms with Gasteiger partial charge in [0.15, 0.2) is 0 Å². The van der Waals surface area contributed by atoms with Crippen LogP contribution in [-0.2, 0) is 0 Å². The minimum atomic E-state index is 0.539.